The van der Waals surface area contributed by atoms with Crippen molar-refractivity contribution in [3.8, 4) is 0 Å². The van der Waals surface area contributed by atoms with Crippen LogP contribution in [0.5, 0.6) is 0 Å². The number of carbonyl (C=O) groups excluding carboxylic acids is 3. The molecule has 3 aromatic carbocycles. The fraction of sp³-hybridized carbons (Fsp3) is 0.419. The second-order valence-electron chi connectivity index (χ2n) is 16.4. The molecule has 13 nitrogen and oxygen atoms in total. The van der Waals surface area contributed by atoms with Gasteiger partial charge in [0, 0.05) is 54.7 Å². The molecular formula is C43H52F3N5O8. The number of anilines is 3. The van der Waals surface area contributed by atoms with E-state index in [0.29, 0.717) is 10.5 Å². The van der Waals surface area contributed by atoms with Gasteiger partial charge < -0.3 is 35.6 Å². The van der Waals surface area contributed by atoms with E-state index in [-0.39, 0.29) is 58.2 Å². The first kappa shape index (κ1) is 45.8. The van der Waals surface area contributed by atoms with E-state index in [0.717, 1.165) is 17.3 Å². The van der Waals surface area contributed by atoms with E-state index in [2.05, 4.69) is 10.3 Å². The van der Waals surface area contributed by atoms with E-state index in [4.69, 9.17) is 15.2 Å². The summed E-state index contributed by atoms with van der Waals surface area (Å²) >= 11 is 0. The number of amides is 3. The Bertz CT molecular complexity index is 2180. The molecule has 16 heteroatoms. The minimum absolute atomic E-state index is 0.0384. The van der Waals surface area contributed by atoms with Gasteiger partial charge in [0.25, 0.3) is 0 Å². The van der Waals surface area contributed by atoms with Crippen molar-refractivity contribution < 1.29 is 52.0 Å². The molecule has 3 amide bonds. The first-order valence-electron chi connectivity index (χ1n) is 18.9. The molecule has 0 saturated carbocycles. The molecule has 0 fully saturated rings. The number of nitrogen functional groups attached to an aromatic ring is 1. The maximum absolute atomic E-state index is 15.7. The van der Waals surface area contributed by atoms with Crippen molar-refractivity contribution in [3.63, 3.8) is 0 Å². The zero-order valence-electron chi connectivity index (χ0n) is 34.6. The van der Waals surface area contributed by atoms with E-state index < -0.39 is 65.9 Å². The quantitative estimate of drug-likeness (QED) is 0.0946. The fourth-order valence-corrected chi connectivity index (χ4v) is 6.50. The lowest BCUT2D eigenvalue weighted by molar-refractivity contribution is -0.139. The second-order valence-corrected chi connectivity index (χ2v) is 16.4. The zero-order valence-corrected chi connectivity index (χ0v) is 34.6. The molecule has 3 atom stereocenters. The summed E-state index contributed by atoms with van der Waals surface area (Å²) in [6.45, 7) is 13.0. The predicted octanol–water partition coefficient (Wildman–Crippen LogP) is 8.67. The summed E-state index contributed by atoms with van der Waals surface area (Å²) in [6, 6.07) is 12.6. The number of carbonyl (C=O) groups is 4. The van der Waals surface area contributed by atoms with Gasteiger partial charge in [0.1, 0.15) is 23.1 Å². The Hall–Kier alpha value is -5.90. The predicted molar refractivity (Wildman–Crippen MR) is 218 cm³/mol. The molecular weight excluding hydrogens is 771 g/mol. The number of hydrogen-bond acceptors (Lipinski definition) is 10. The van der Waals surface area contributed by atoms with E-state index in [1.807, 2.05) is 13.8 Å². The lowest BCUT2D eigenvalue weighted by atomic mass is 9.90. The molecule has 0 aliphatic heterocycles. The van der Waals surface area contributed by atoms with E-state index in [1.54, 1.807) is 59.7 Å². The number of nitrogens with two attached hydrogens (primary N) is 1. The normalized spacial score (nSPS) is 13.4. The van der Waals surface area contributed by atoms with Gasteiger partial charge in [-0.3, -0.25) is 9.59 Å². The van der Waals surface area contributed by atoms with Crippen LogP contribution in [0.2, 0.25) is 0 Å². The second kappa shape index (κ2) is 18.4. The van der Waals surface area contributed by atoms with Crippen LogP contribution in [0.25, 0.3) is 10.8 Å². The Morgan fingerprint density at radius 3 is 2.05 bits per heavy atom. The number of imide groups is 1. The Kier molecular flexibility index (Phi) is 14.2. The smallest absolute Gasteiger partial charge is 0.425 e. The summed E-state index contributed by atoms with van der Waals surface area (Å²) in [5.74, 6) is -4.86. The van der Waals surface area contributed by atoms with Crippen LogP contribution in [-0.2, 0) is 25.6 Å². The van der Waals surface area contributed by atoms with Crippen molar-refractivity contribution in [2.24, 2.45) is 0 Å². The molecule has 0 radical (unpaired) electrons. The van der Waals surface area contributed by atoms with Crippen molar-refractivity contribution in [2.75, 3.05) is 29.6 Å². The number of carboxylic acid groups (broad SMARTS) is 1. The molecule has 5 N–H and O–H groups in total. The molecule has 4 rings (SSSR count). The van der Waals surface area contributed by atoms with Crippen molar-refractivity contribution in [1.82, 2.24) is 9.88 Å². The average molecular weight is 824 g/mol. The van der Waals surface area contributed by atoms with Gasteiger partial charge >= 0.3 is 18.2 Å². The zero-order chi connectivity index (χ0) is 44.1. The standard InChI is InChI=1S/C43H52F3N5O8/c1-23-16-25(10-13-29(23)24(2)22-52)36(38(53)50(9)21-26-17-27(47)11-14-30(26)33(39(54)55)19-35(45)46)49-28-12-15-31-32(18-28)34(44)20-48-37(31)51(40(56)58-42(3,4)5)41(57)59-43(6,7)8/h10-18,20,24,33,35-36,49,52H,19,21-22,47H2,1-9H3,(H,54,55)/t24-,33-,36?/m0/s1. The number of aryl methyl sites for hydroxylation is 1. The third-order valence-electron chi connectivity index (χ3n) is 9.21. The molecule has 0 spiro atoms. The fourth-order valence-electron chi connectivity index (χ4n) is 6.50. The van der Waals surface area contributed by atoms with Gasteiger partial charge in [0.05, 0.1) is 12.1 Å². The third-order valence-corrected chi connectivity index (χ3v) is 9.21. The highest BCUT2D eigenvalue weighted by molar-refractivity contribution is 6.14. The number of halogens is 3. The number of aliphatic carboxylic acids is 1. The van der Waals surface area contributed by atoms with Crippen LogP contribution in [0.1, 0.15) is 101 Å². The molecule has 1 aromatic heterocycles. The number of aliphatic hydroxyl groups is 1. The number of ether oxygens (including phenoxy) is 2. The lowest BCUT2D eigenvalue weighted by Gasteiger charge is -2.29. The van der Waals surface area contributed by atoms with Crippen LogP contribution in [0, 0.1) is 12.7 Å². The number of aromatic nitrogens is 1. The number of carboxylic acids is 1. The Labute approximate surface area is 341 Å². The van der Waals surface area contributed by atoms with Crippen LogP contribution in [0.3, 0.4) is 0 Å². The Balaban J connectivity index is 1.82. The maximum Gasteiger partial charge on any atom is 0.425 e. The van der Waals surface area contributed by atoms with Gasteiger partial charge in [-0.1, -0.05) is 31.2 Å². The molecule has 318 valence electrons. The van der Waals surface area contributed by atoms with Gasteiger partial charge in [-0.05, 0) is 107 Å². The monoisotopic (exact) mass is 823 g/mol. The molecule has 1 unspecified atom stereocenters. The van der Waals surface area contributed by atoms with Gasteiger partial charge in [0.2, 0.25) is 12.3 Å². The summed E-state index contributed by atoms with van der Waals surface area (Å²) in [5, 5.41) is 22.8. The van der Waals surface area contributed by atoms with Crippen molar-refractivity contribution >= 4 is 52.0 Å². The van der Waals surface area contributed by atoms with Crippen LogP contribution < -0.4 is 16.0 Å². The summed E-state index contributed by atoms with van der Waals surface area (Å²) in [6.07, 6.45) is -5.24. The number of likely N-dealkylation sites (N-methyl/N-ethyl adjacent to an activating group) is 1. The molecule has 1 heterocycles. The summed E-state index contributed by atoms with van der Waals surface area (Å²) in [5.41, 5.74) is 6.86. The Morgan fingerprint density at radius 2 is 1.51 bits per heavy atom. The van der Waals surface area contributed by atoms with Crippen LogP contribution in [-0.4, -0.2) is 75.4 Å². The number of fused-ring (bicyclic) bond motifs is 1. The number of nitrogens with one attached hydrogen (secondary N) is 1. The number of alkyl halides is 2. The highest BCUT2D eigenvalue weighted by Crippen LogP contribution is 2.35. The number of benzene rings is 3. The molecule has 0 aliphatic carbocycles. The third kappa shape index (κ3) is 11.6. The summed E-state index contributed by atoms with van der Waals surface area (Å²) < 4.78 is 53.7. The first-order chi connectivity index (χ1) is 27.4. The molecule has 0 bridgehead atoms. The van der Waals surface area contributed by atoms with E-state index in [1.165, 1.54) is 48.3 Å². The largest absolute Gasteiger partial charge is 0.481 e. The SMILES string of the molecule is Cc1cc(C(Nc2ccc3c(N(C(=O)OC(C)(C)C)C(=O)OC(C)(C)C)ncc(F)c3c2)C(=O)N(C)Cc2cc(N)ccc2[C@H](CC(F)F)C(=O)O)ccc1[C@@H](C)CO. The van der Waals surface area contributed by atoms with Crippen molar-refractivity contribution in [2.45, 2.75) is 104 Å². The van der Waals surface area contributed by atoms with Crippen LogP contribution >= 0.6 is 0 Å². The number of nitrogens with zero attached hydrogens (tertiary/aromatic N) is 3. The minimum Gasteiger partial charge on any atom is -0.481 e. The molecule has 4 aromatic rings. The van der Waals surface area contributed by atoms with Gasteiger partial charge in [-0.15, -0.1) is 0 Å². The van der Waals surface area contributed by atoms with Crippen molar-refractivity contribution in [3.05, 3.63) is 94.4 Å². The highest BCUT2D eigenvalue weighted by atomic mass is 19.3. The maximum atomic E-state index is 15.7. The van der Waals surface area contributed by atoms with Crippen molar-refractivity contribution in [1.29, 1.82) is 0 Å². The highest BCUT2D eigenvalue weighted by Gasteiger charge is 2.35. The minimum atomic E-state index is -2.91. The van der Waals surface area contributed by atoms with Crippen LogP contribution in [0.15, 0.2) is 60.8 Å². The van der Waals surface area contributed by atoms with Crippen LogP contribution in [0.4, 0.5) is 40.0 Å². The summed E-state index contributed by atoms with van der Waals surface area (Å²) in [7, 11) is 1.46. The van der Waals surface area contributed by atoms with Gasteiger partial charge in [-0.25, -0.2) is 27.7 Å². The topological polar surface area (TPSA) is 185 Å². The van der Waals surface area contributed by atoms with Gasteiger partial charge in [-0.2, -0.15) is 4.90 Å². The molecule has 59 heavy (non-hydrogen) atoms. The number of rotatable bonds is 13. The molecule has 0 saturated heterocycles. The van der Waals surface area contributed by atoms with Gasteiger partial charge in [0.15, 0.2) is 5.82 Å². The lowest BCUT2D eigenvalue weighted by Crippen LogP contribution is -2.44. The number of hydrogen-bond donors (Lipinski definition) is 4. The Morgan fingerprint density at radius 1 is 0.898 bits per heavy atom. The number of aliphatic hydroxyl groups excluding tert-OH is 1. The summed E-state index contributed by atoms with van der Waals surface area (Å²) in [4.78, 5) is 59.5. The van der Waals surface area contributed by atoms with E-state index in [9.17, 15) is 38.2 Å². The number of pyridine rings is 1. The molecule has 0 aliphatic rings. The van der Waals surface area contributed by atoms with E-state index >= 15 is 4.39 Å². The first-order valence-corrected chi connectivity index (χ1v) is 18.9. The average Bonchev–Trinajstić information content (AvgIpc) is 3.12.